The number of ether oxygens (including phenoxy) is 1. The minimum Gasteiger partial charge on any atom is -0.443 e. The van der Waals surface area contributed by atoms with Crippen LogP contribution in [0.3, 0.4) is 0 Å². The number of rotatable bonds is 2. The Labute approximate surface area is 137 Å². The van der Waals surface area contributed by atoms with Crippen LogP contribution in [0.25, 0.3) is 10.9 Å². The predicted molar refractivity (Wildman–Crippen MR) is 91.5 cm³/mol. The highest BCUT2D eigenvalue weighted by Gasteiger charge is 2.19. The quantitative estimate of drug-likeness (QED) is 0.676. The van der Waals surface area contributed by atoms with Crippen molar-refractivity contribution in [3.63, 3.8) is 0 Å². The van der Waals surface area contributed by atoms with Crippen molar-refractivity contribution < 1.29 is 14.6 Å². The molecule has 1 aromatic heterocycles. The summed E-state index contributed by atoms with van der Waals surface area (Å²) in [6.45, 7) is 7.67. The predicted octanol–water partition coefficient (Wildman–Crippen LogP) is 3.86. The number of unbranched alkanes of at least 4 members (excludes halogenated alkanes) is 1. The highest BCUT2D eigenvalue weighted by molar-refractivity contribution is 5.92. The molecule has 0 unspecified atom stereocenters. The topological polar surface area (TPSA) is 51.5 Å². The molecule has 122 valence electrons. The van der Waals surface area contributed by atoms with E-state index < -0.39 is 5.60 Å². The minimum absolute atomic E-state index is 0.158. The number of aryl methyl sites for hydroxylation is 1. The van der Waals surface area contributed by atoms with E-state index in [1.54, 1.807) is 10.8 Å². The van der Waals surface area contributed by atoms with E-state index in [4.69, 9.17) is 9.84 Å². The maximum Gasteiger partial charge on any atom is 0.418 e. The zero-order valence-electron chi connectivity index (χ0n) is 14.1. The highest BCUT2D eigenvalue weighted by atomic mass is 16.6. The first-order valence-corrected chi connectivity index (χ1v) is 7.76. The third-order valence-electron chi connectivity index (χ3n) is 3.29. The zero-order chi connectivity index (χ0) is 17.0. The molecular weight excluding hydrogens is 290 g/mol. The Kier molecular flexibility index (Phi) is 5.12. The van der Waals surface area contributed by atoms with Crippen molar-refractivity contribution in [2.45, 2.75) is 46.1 Å². The van der Waals surface area contributed by atoms with Crippen LogP contribution in [-0.4, -0.2) is 28.0 Å². The van der Waals surface area contributed by atoms with E-state index in [0.717, 1.165) is 22.0 Å². The molecule has 0 saturated carbocycles. The minimum atomic E-state index is -0.528. The van der Waals surface area contributed by atoms with Crippen LogP contribution >= 0.6 is 0 Å². The lowest BCUT2D eigenvalue weighted by Crippen LogP contribution is -2.26. The largest absolute Gasteiger partial charge is 0.443 e. The highest BCUT2D eigenvalue weighted by Crippen LogP contribution is 2.23. The van der Waals surface area contributed by atoms with Gasteiger partial charge in [0, 0.05) is 30.2 Å². The van der Waals surface area contributed by atoms with E-state index in [-0.39, 0.29) is 12.7 Å². The average Bonchev–Trinajstić information content (AvgIpc) is 2.79. The molecule has 2 aromatic rings. The van der Waals surface area contributed by atoms with E-state index in [1.807, 2.05) is 45.9 Å². The van der Waals surface area contributed by atoms with Gasteiger partial charge in [-0.2, -0.15) is 0 Å². The van der Waals surface area contributed by atoms with Crippen molar-refractivity contribution >= 4 is 17.0 Å². The Bertz CT molecular complexity index is 769. The first kappa shape index (κ1) is 17.1. The Morgan fingerprint density at radius 3 is 2.74 bits per heavy atom. The van der Waals surface area contributed by atoms with Gasteiger partial charge in [-0.3, -0.25) is 4.57 Å². The van der Waals surface area contributed by atoms with Crippen molar-refractivity contribution in [2.75, 3.05) is 6.61 Å². The summed E-state index contributed by atoms with van der Waals surface area (Å²) in [5.41, 5.74) is 2.20. The van der Waals surface area contributed by atoms with Gasteiger partial charge in [0.05, 0.1) is 5.52 Å². The molecule has 1 heterocycles. The Hall–Kier alpha value is -2.25. The number of carbonyl (C=O) groups is 1. The number of hydrogen-bond acceptors (Lipinski definition) is 3. The standard InChI is InChI=1S/C19H23NO3/c1-14-13-20(18(22)23-19(2,3)4)17-10-9-15(12-16(14)17)8-6-5-7-11-21/h9-10,12-13,21H,5,7,11H2,1-4H3. The normalized spacial score (nSPS) is 11.2. The van der Waals surface area contributed by atoms with Gasteiger partial charge in [-0.15, -0.1) is 0 Å². The van der Waals surface area contributed by atoms with E-state index in [0.29, 0.717) is 12.8 Å². The van der Waals surface area contributed by atoms with Gasteiger partial charge >= 0.3 is 6.09 Å². The summed E-state index contributed by atoms with van der Waals surface area (Å²) in [6, 6.07) is 5.77. The van der Waals surface area contributed by atoms with Crippen LogP contribution in [-0.2, 0) is 4.74 Å². The zero-order valence-corrected chi connectivity index (χ0v) is 14.1. The maximum atomic E-state index is 12.3. The molecule has 0 spiro atoms. The van der Waals surface area contributed by atoms with Crippen LogP contribution in [0.1, 0.15) is 44.7 Å². The Morgan fingerprint density at radius 1 is 1.35 bits per heavy atom. The van der Waals surface area contributed by atoms with E-state index in [1.165, 1.54) is 0 Å². The smallest absolute Gasteiger partial charge is 0.418 e. The van der Waals surface area contributed by atoms with Gasteiger partial charge in [-0.05, 0) is 57.9 Å². The summed E-state index contributed by atoms with van der Waals surface area (Å²) in [5.74, 6) is 6.13. The van der Waals surface area contributed by atoms with Crippen LogP contribution in [0.2, 0.25) is 0 Å². The van der Waals surface area contributed by atoms with E-state index >= 15 is 0 Å². The van der Waals surface area contributed by atoms with Crippen molar-refractivity contribution in [1.82, 2.24) is 4.57 Å². The second-order valence-electron chi connectivity index (χ2n) is 6.52. The molecule has 23 heavy (non-hydrogen) atoms. The number of aliphatic hydroxyl groups is 1. The fraction of sp³-hybridized carbons (Fsp3) is 0.421. The van der Waals surface area contributed by atoms with Gasteiger partial charge in [0.2, 0.25) is 0 Å². The SMILES string of the molecule is Cc1cn(C(=O)OC(C)(C)C)c2ccc(C#CCCCO)cc12. The number of benzene rings is 1. The summed E-state index contributed by atoms with van der Waals surface area (Å²) in [4.78, 5) is 12.3. The molecule has 0 bridgehead atoms. The molecule has 0 aliphatic carbocycles. The molecule has 0 radical (unpaired) electrons. The molecule has 2 rings (SSSR count). The summed E-state index contributed by atoms with van der Waals surface area (Å²) >= 11 is 0. The van der Waals surface area contributed by atoms with Gasteiger partial charge in [0.15, 0.2) is 0 Å². The molecule has 4 heteroatoms. The lowest BCUT2D eigenvalue weighted by Gasteiger charge is -2.19. The maximum absolute atomic E-state index is 12.3. The van der Waals surface area contributed by atoms with E-state index in [2.05, 4.69) is 11.8 Å². The van der Waals surface area contributed by atoms with Crippen molar-refractivity contribution in [3.8, 4) is 11.8 Å². The number of aliphatic hydroxyl groups excluding tert-OH is 1. The van der Waals surface area contributed by atoms with Crippen molar-refractivity contribution in [2.24, 2.45) is 0 Å². The summed E-state index contributed by atoms with van der Waals surface area (Å²) in [7, 11) is 0. The van der Waals surface area contributed by atoms with Crippen LogP contribution in [0.15, 0.2) is 24.4 Å². The molecule has 1 aromatic carbocycles. The lowest BCUT2D eigenvalue weighted by atomic mass is 10.1. The number of nitrogens with zero attached hydrogens (tertiary/aromatic N) is 1. The molecule has 0 saturated heterocycles. The lowest BCUT2D eigenvalue weighted by molar-refractivity contribution is 0.0544. The second kappa shape index (κ2) is 6.89. The summed E-state index contributed by atoms with van der Waals surface area (Å²) in [5, 5.41) is 9.75. The third-order valence-corrected chi connectivity index (χ3v) is 3.29. The fourth-order valence-electron chi connectivity index (χ4n) is 2.27. The van der Waals surface area contributed by atoms with Crippen LogP contribution < -0.4 is 0 Å². The van der Waals surface area contributed by atoms with Crippen LogP contribution in [0.4, 0.5) is 4.79 Å². The van der Waals surface area contributed by atoms with Crippen LogP contribution in [0, 0.1) is 18.8 Å². The monoisotopic (exact) mass is 313 g/mol. The number of hydrogen-bond donors (Lipinski definition) is 1. The van der Waals surface area contributed by atoms with Gasteiger partial charge in [-0.1, -0.05) is 11.8 Å². The molecule has 0 fully saturated rings. The van der Waals surface area contributed by atoms with Gasteiger partial charge in [-0.25, -0.2) is 4.79 Å². The van der Waals surface area contributed by atoms with Gasteiger partial charge < -0.3 is 9.84 Å². The van der Waals surface area contributed by atoms with Gasteiger partial charge in [0.1, 0.15) is 5.60 Å². The molecule has 0 amide bonds. The molecule has 0 aliphatic rings. The molecule has 1 N–H and O–H groups in total. The first-order valence-electron chi connectivity index (χ1n) is 7.76. The van der Waals surface area contributed by atoms with Crippen LogP contribution in [0.5, 0.6) is 0 Å². The third kappa shape index (κ3) is 4.37. The number of aromatic nitrogens is 1. The molecular formula is C19H23NO3. The Morgan fingerprint density at radius 2 is 2.09 bits per heavy atom. The first-order chi connectivity index (χ1) is 10.8. The second-order valence-corrected chi connectivity index (χ2v) is 6.52. The average molecular weight is 313 g/mol. The van der Waals surface area contributed by atoms with Gasteiger partial charge in [0.25, 0.3) is 0 Å². The summed E-state index contributed by atoms with van der Waals surface area (Å²) in [6.07, 6.45) is 2.77. The van der Waals surface area contributed by atoms with Crippen molar-refractivity contribution in [3.05, 3.63) is 35.5 Å². The summed E-state index contributed by atoms with van der Waals surface area (Å²) < 4.78 is 6.98. The number of carbonyl (C=O) groups excluding carboxylic acids is 1. The fourth-order valence-corrected chi connectivity index (χ4v) is 2.27. The molecule has 0 aliphatic heterocycles. The molecule has 0 atom stereocenters. The molecule has 4 nitrogen and oxygen atoms in total. The van der Waals surface area contributed by atoms with Crippen molar-refractivity contribution in [1.29, 1.82) is 0 Å². The van der Waals surface area contributed by atoms with E-state index in [9.17, 15) is 4.79 Å². The Balaban J connectivity index is 2.33. The number of fused-ring (bicyclic) bond motifs is 1.